The lowest BCUT2D eigenvalue weighted by Crippen LogP contribution is -2.52. The summed E-state index contributed by atoms with van der Waals surface area (Å²) in [7, 11) is -3.41. The molecule has 1 rings (SSSR count). The molecule has 0 amide bonds. The van der Waals surface area contributed by atoms with Crippen LogP contribution in [0.3, 0.4) is 0 Å². The molecule has 0 unspecified atom stereocenters. The largest absolute Gasteiger partial charge is 0.577 e. The van der Waals surface area contributed by atoms with Gasteiger partial charge in [-0.2, -0.15) is 0 Å². The lowest BCUT2D eigenvalue weighted by atomic mass is 10.2. The number of sulfonamides is 1. The minimum absolute atomic E-state index is 0.0432. The molecule has 1 aromatic carbocycles. The van der Waals surface area contributed by atoms with E-state index in [2.05, 4.69) is 10.5 Å². The van der Waals surface area contributed by atoms with E-state index in [0.29, 0.717) is 17.3 Å². The number of halogens is 1. The summed E-state index contributed by atoms with van der Waals surface area (Å²) < 4.78 is 26.3. The molecule has 0 bridgehead atoms. The van der Waals surface area contributed by atoms with Gasteiger partial charge in [0.1, 0.15) is 0 Å². The van der Waals surface area contributed by atoms with Crippen LogP contribution in [0.25, 0.3) is 4.72 Å². The van der Waals surface area contributed by atoms with Gasteiger partial charge >= 0.3 is 0 Å². The molecular formula is C9H13ClN2O2S. The predicted octanol–water partition coefficient (Wildman–Crippen LogP) is 1.23. The van der Waals surface area contributed by atoms with Crippen LogP contribution in [0.4, 0.5) is 5.69 Å². The highest BCUT2D eigenvalue weighted by molar-refractivity contribution is 7.94. The van der Waals surface area contributed by atoms with Crippen LogP contribution in [0.1, 0.15) is 5.56 Å². The molecule has 15 heavy (non-hydrogen) atoms. The van der Waals surface area contributed by atoms with Crippen molar-refractivity contribution in [2.75, 3.05) is 12.3 Å². The number of rotatable bonds is 4. The average Bonchev–Trinajstić information content (AvgIpc) is 2.10. The lowest BCUT2D eigenvalue weighted by Gasteiger charge is -2.21. The van der Waals surface area contributed by atoms with Gasteiger partial charge in [-0.25, -0.2) is 8.42 Å². The molecule has 4 nitrogen and oxygen atoms in total. The van der Waals surface area contributed by atoms with Crippen molar-refractivity contribution in [3.8, 4) is 0 Å². The number of benzene rings is 1. The van der Waals surface area contributed by atoms with Crippen LogP contribution >= 0.6 is 11.6 Å². The van der Waals surface area contributed by atoms with E-state index in [0.717, 1.165) is 5.56 Å². The zero-order valence-electron chi connectivity index (χ0n) is 8.40. The van der Waals surface area contributed by atoms with Crippen LogP contribution in [0.15, 0.2) is 18.2 Å². The summed E-state index contributed by atoms with van der Waals surface area (Å²) in [6.07, 6.45) is 0. The number of hydrogen-bond donors (Lipinski definition) is 1. The van der Waals surface area contributed by atoms with Gasteiger partial charge in [-0.3, -0.25) is 0 Å². The summed E-state index contributed by atoms with van der Waals surface area (Å²) in [6, 6.07) is 4.90. The highest BCUT2D eigenvalue weighted by Crippen LogP contribution is 2.27. The fourth-order valence-electron chi connectivity index (χ4n) is 1.03. The zero-order chi connectivity index (χ0) is 11.5. The minimum atomic E-state index is -3.41. The van der Waals surface area contributed by atoms with Crippen LogP contribution in [0.5, 0.6) is 0 Å². The Hall–Kier alpha value is -0.780. The van der Waals surface area contributed by atoms with E-state index in [1.807, 2.05) is 6.92 Å². The second-order valence-electron chi connectivity index (χ2n) is 3.16. The molecule has 84 valence electrons. The first-order valence-corrected chi connectivity index (χ1v) is 6.44. The first-order chi connectivity index (χ1) is 6.94. The Morgan fingerprint density at radius 2 is 2.13 bits per heavy atom. The fraction of sp³-hybridized carbons (Fsp3) is 0.333. The first kappa shape index (κ1) is 12.3. The molecule has 0 fully saturated rings. The van der Waals surface area contributed by atoms with Crippen LogP contribution in [-0.2, 0) is 10.0 Å². The topological polar surface area (TPSA) is 75.9 Å². The molecule has 0 heterocycles. The third-order valence-corrected chi connectivity index (χ3v) is 3.50. The van der Waals surface area contributed by atoms with Crippen LogP contribution in [0, 0.1) is 6.92 Å². The number of aryl methyl sites for hydroxylation is 1. The molecule has 0 aliphatic rings. The smallest absolute Gasteiger partial charge is 0.0993 e. The van der Waals surface area contributed by atoms with Crippen LogP contribution < -0.4 is 5.73 Å². The molecule has 0 aliphatic heterocycles. The van der Waals surface area contributed by atoms with Gasteiger partial charge < -0.3 is 10.5 Å². The Morgan fingerprint density at radius 1 is 1.47 bits per heavy atom. The van der Waals surface area contributed by atoms with Crippen LogP contribution in [-0.4, -0.2) is 20.7 Å². The van der Waals surface area contributed by atoms with Gasteiger partial charge in [0, 0.05) is 5.02 Å². The van der Waals surface area contributed by atoms with Crippen LogP contribution in [0.2, 0.25) is 5.02 Å². The molecule has 0 saturated heterocycles. The molecular weight excluding hydrogens is 236 g/mol. The van der Waals surface area contributed by atoms with Crippen molar-refractivity contribution in [2.24, 2.45) is 0 Å². The molecule has 0 aliphatic carbocycles. The monoisotopic (exact) mass is 248 g/mol. The van der Waals surface area contributed by atoms with Gasteiger partial charge in [-0.15, -0.1) is 5.69 Å². The van der Waals surface area contributed by atoms with Gasteiger partial charge in [0.05, 0.1) is 22.3 Å². The molecule has 0 spiro atoms. The molecule has 0 atom stereocenters. The van der Waals surface area contributed by atoms with Crippen molar-refractivity contribution in [1.82, 2.24) is 0 Å². The summed E-state index contributed by atoms with van der Waals surface area (Å²) in [5.74, 6) is -0.0432. The summed E-state index contributed by atoms with van der Waals surface area (Å²) in [5, 5.41) is 0.515. The second kappa shape index (κ2) is 4.83. The highest BCUT2D eigenvalue weighted by Gasteiger charge is 2.00. The Morgan fingerprint density at radius 3 is 2.67 bits per heavy atom. The van der Waals surface area contributed by atoms with Gasteiger partial charge in [-0.05, 0) is 12.5 Å². The molecule has 0 saturated carbocycles. The maximum atomic E-state index is 11.3. The average molecular weight is 249 g/mol. The van der Waals surface area contributed by atoms with E-state index < -0.39 is 10.0 Å². The second-order valence-corrected chi connectivity index (χ2v) is 5.33. The Kier molecular flexibility index (Phi) is 3.96. The fourth-order valence-corrected chi connectivity index (χ4v) is 2.09. The van der Waals surface area contributed by atoms with E-state index >= 15 is 0 Å². The minimum Gasteiger partial charge on any atom is -0.577 e. The van der Waals surface area contributed by atoms with Gasteiger partial charge in [0.25, 0.3) is 0 Å². The quantitative estimate of drug-likeness (QED) is 0.870. The van der Waals surface area contributed by atoms with Crippen molar-refractivity contribution in [2.45, 2.75) is 6.92 Å². The van der Waals surface area contributed by atoms with Crippen molar-refractivity contribution >= 4 is 27.3 Å². The summed E-state index contributed by atoms with van der Waals surface area (Å²) >= 11 is 5.85. The molecule has 6 heteroatoms. The van der Waals surface area contributed by atoms with Crippen molar-refractivity contribution in [3.63, 3.8) is 0 Å². The van der Waals surface area contributed by atoms with E-state index in [-0.39, 0.29) is 5.75 Å². The van der Waals surface area contributed by atoms with Gasteiger partial charge in [0.2, 0.25) is 0 Å². The molecule has 0 aromatic heterocycles. The summed E-state index contributed by atoms with van der Waals surface area (Å²) in [4.78, 5) is 0. The number of hydrogen-bond acceptors (Lipinski definition) is 2. The standard InChI is InChI=1S/C9H12ClN2O2S/c1-7-2-3-8(6-9(7)10)12-15(13,14)5-4-11/h2-3,6H,4-5,11H2,1H3/q-1/p+1. The number of quaternary nitrogens is 1. The van der Waals surface area contributed by atoms with E-state index in [1.54, 1.807) is 12.1 Å². The summed E-state index contributed by atoms with van der Waals surface area (Å²) in [5.41, 5.74) is 4.73. The van der Waals surface area contributed by atoms with E-state index in [4.69, 9.17) is 11.6 Å². The third kappa shape index (κ3) is 3.70. The Bertz CT molecular complexity index is 445. The maximum absolute atomic E-state index is 11.3. The number of nitrogens with zero attached hydrogens (tertiary/aromatic N) is 1. The van der Waals surface area contributed by atoms with E-state index in [1.165, 1.54) is 6.07 Å². The van der Waals surface area contributed by atoms with Gasteiger partial charge in [0.15, 0.2) is 0 Å². The normalized spacial score (nSPS) is 11.4. The first-order valence-electron chi connectivity index (χ1n) is 4.46. The van der Waals surface area contributed by atoms with Crippen molar-refractivity contribution in [1.29, 1.82) is 0 Å². The Balaban J connectivity index is 2.86. The van der Waals surface area contributed by atoms with E-state index in [9.17, 15) is 8.42 Å². The van der Waals surface area contributed by atoms with Gasteiger partial charge in [-0.1, -0.05) is 29.8 Å². The van der Waals surface area contributed by atoms with Crippen molar-refractivity contribution < 1.29 is 14.2 Å². The SMILES string of the molecule is Cc1ccc([N-]S(=O)(=O)CC[NH3+])cc1Cl. The highest BCUT2D eigenvalue weighted by atomic mass is 35.5. The predicted molar refractivity (Wildman–Crippen MR) is 60.7 cm³/mol. The molecule has 3 N–H and O–H groups in total. The summed E-state index contributed by atoms with van der Waals surface area (Å²) in [6.45, 7) is 2.15. The van der Waals surface area contributed by atoms with Crippen molar-refractivity contribution in [3.05, 3.63) is 33.5 Å². The zero-order valence-corrected chi connectivity index (χ0v) is 9.98. The lowest BCUT2D eigenvalue weighted by molar-refractivity contribution is -0.360. The maximum Gasteiger partial charge on any atom is 0.0993 e. The third-order valence-electron chi connectivity index (χ3n) is 1.80. The molecule has 0 radical (unpaired) electrons. The molecule has 1 aromatic rings. The Labute approximate surface area is 94.5 Å².